The predicted octanol–water partition coefficient (Wildman–Crippen LogP) is 0.992. The maximum absolute atomic E-state index is 9.87. The molecule has 0 bridgehead atoms. The molecule has 0 saturated carbocycles. The molecule has 4 N–H and O–H groups in total. The van der Waals surface area contributed by atoms with Crippen LogP contribution in [0.2, 0.25) is 0 Å². The van der Waals surface area contributed by atoms with E-state index in [2.05, 4.69) is 0 Å². The molecule has 0 atom stereocenters. The van der Waals surface area contributed by atoms with Gasteiger partial charge in [0, 0.05) is 12.8 Å². The highest BCUT2D eigenvalue weighted by Crippen LogP contribution is 1.96. The molecule has 0 aliphatic carbocycles. The molecule has 0 radical (unpaired) electrons. The Bertz CT molecular complexity index is 103. The molecular formula is C6H13NO3. The van der Waals surface area contributed by atoms with Crippen molar-refractivity contribution in [2.75, 3.05) is 0 Å². The number of carboxylic acids is 1. The van der Waals surface area contributed by atoms with E-state index in [4.69, 9.17) is 5.11 Å². The number of aliphatic carboxylic acids is 1. The van der Waals surface area contributed by atoms with Crippen molar-refractivity contribution in [1.29, 1.82) is 0 Å². The standard InChI is InChI=1S/C6H10O3.H3N/c7-5-3-1-2-4-6(8)9;/h5H,1-4H2,(H,8,9);1H3. The number of rotatable bonds is 5. The summed E-state index contributed by atoms with van der Waals surface area (Å²) in [6.07, 6.45) is 2.76. The first kappa shape index (κ1) is 11.8. The Morgan fingerprint density at radius 2 is 2.00 bits per heavy atom. The number of aldehydes is 1. The molecule has 0 aromatic rings. The van der Waals surface area contributed by atoms with Crippen molar-refractivity contribution < 1.29 is 14.7 Å². The fraction of sp³-hybridized carbons (Fsp3) is 0.667. The zero-order chi connectivity index (χ0) is 7.11. The number of carbonyl (C=O) groups excluding carboxylic acids is 1. The second-order valence-corrected chi connectivity index (χ2v) is 1.81. The highest BCUT2D eigenvalue weighted by molar-refractivity contribution is 5.66. The molecule has 0 rings (SSSR count). The Balaban J connectivity index is 0. The van der Waals surface area contributed by atoms with Gasteiger partial charge in [0.05, 0.1) is 0 Å². The van der Waals surface area contributed by atoms with Gasteiger partial charge in [-0.15, -0.1) is 0 Å². The molecule has 0 fully saturated rings. The molecule has 0 saturated heterocycles. The van der Waals surface area contributed by atoms with Crippen molar-refractivity contribution in [2.45, 2.75) is 25.7 Å². The summed E-state index contributed by atoms with van der Waals surface area (Å²) in [5.41, 5.74) is 0. The van der Waals surface area contributed by atoms with Gasteiger partial charge in [-0.2, -0.15) is 0 Å². The molecule has 0 aromatic carbocycles. The van der Waals surface area contributed by atoms with E-state index in [-0.39, 0.29) is 12.6 Å². The third-order valence-electron chi connectivity index (χ3n) is 0.963. The summed E-state index contributed by atoms with van der Waals surface area (Å²) < 4.78 is 0. The zero-order valence-corrected chi connectivity index (χ0v) is 5.88. The van der Waals surface area contributed by atoms with Gasteiger partial charge < -0.3 is 16.1 Å². The van der Waals surface area contributed by atoms with Gasteiger partial charge in [0.15, 0.2) is 0 Å². The second kappa shape index (κ2) is 8.10. The zero-order valence-electron chi connectivity index (χ0n) is 5.88. The normalized spacial score (nSPS) is 8.00. The van der Waals surface area contributed by atoms with E-state index in [9.17, 15) is 9.59 Å². The lowest BCUT2D eigenvalue weighted by molar-refractivity contribution is -0.137. The smallest absolute Gasteiger partial charge is 0.303 e. The van der Waals surface area contributed by atoms with Crippen LogP contribution in [0.3, 0.4) is 0 Å². The third-order valence-corrected chi connectivity index (χ3v) is 0.963. The van der Waals surface area contributed by atoms with Gasteiger partial charge in [-0.25, -0.2) is 0 Å². The highest BCUT2D eigenvalue weighted by Gasteiger charge is 1.94. The Labute approximate surface area is 59.8 Å². The van der Waals surface area contributed by atoms with E-state index in [1.165, 1.54) is 0 Å². The van der Waals surface area contributed by atoms with Crippen molar-refractivity contribution in [3.05, 3.63) is 0 Å². The highest BCUT2D eigenvalue weighted by atomic mass is 16.4. The quantitative estimate of drug-likeness (QED) is 0.448. The minimum atomic E-state index is -0.791. The van der Waals surface area contributed by atoms with Crippen LogP contribution in [0, 0.1) is 0 Å². The summed E-state index contributed by atoms with van der Waals surface area (Å²) in [5.74, 6) is -0.791. The van der Waals surface area contributed by atoms with Crippen LogP contribution in [-0.4, -0.2) is 17.4 Å². The van der Waals surface area contributed by atoms with Crippen LogP contribution in [-0.2, 0) is 9.59 Å². The van der Waals surface area contributed by atoms with Crippen LogP contribution in [0.5, 0.6) is 0 Å². The van der Waals surface area contributed by atoms with Gasteiger partial charge >= 0.3 is 5.97 Å². The molecule has 4 heteroatoms. The van der Waals surface area contributed by atoms with Crippen LogP contribution in [0.25, 0.3) is 0 Å². The lowest BCUT2D eigenvalue weighted by Crippen LogP contribution is -1.93. The molecule has 0 aliphatic rings. The van der Waals surface area contributed by atoms with Crippen molar-refractivity contribution in [3.63, 3.8) is 0 Å². The van der Waals surface area contributed by atoms with Crippen molar-refractivity contribution in [2.24, 2.45) is 0 Å². The number of carbonyl (C=O) groups is 2. The van der Waals surface area contributed by atoms with Crippen molar-refractivity contribution in [1.82, 2.24) is 6.15 Å². The lowest BCUT2D eigenvalue weighted by Gasteiger charge is -1.89. The molecule has 0 amide bonds. The number of hydrogen-bond acceptors (Lipinski definition) is 3. The third kappa shape index (κ3) is 10.2. The summed E-state index contributed by atoms with van der Waals surface area (Å²) in [6.45, 7) is 0. The lowest BCUT2D eigenvalue weighted by atomic mass is 10.2. The summed E-state index contributed by atoms with van der Waals surface area (Å²) in [7, 11) is 0. The van der Waals surface area contributed by atoms with Crippen LogP contribution in [0.15, 0.2) is 0 Å². The molecule has 60 valence electrons. The molecule has 0 spiro atoms. The number of hydrogen-bond donors (Lipinski definition) is 2. The van der Waals surface area contributed by atoms with E-state index >= 15 is 0 Å². The number of unbranched alkanes of at least 4 members (excludes halogenated alkanes) is 2. The Morgan fingerprint density at radius 3 is 2.40 bits per heavy atom. The average molecular weight is 147 g/mol. The maximum Gasteiger partial charge on any atom is 0.303 e. The Kier molecular flexibility index (Phi) is 9.59. The van der Waals surface area contributed by atoms with E-state index in [1.807, 2.05) is 0 Å². The minimum absolute atomic E-state index is 0. The van der Waals surface area contributed by atoms with Crippen LogP contribution in [0.1, 0.15) is 25.7 Å². The first-order valence-corrected chi connectivity index (χ1v) is 2.93. The minimum Gasteiger partial charge on any atom is -0.481 e. The van der Waals surface area contributed by atoms with Gasteiger partial charge in [0.25, 0.3) is 0 Å². The molecule has 0 aromatic heterocycles. The summed E-state index contributed by atoms with van der Waals surface area (Å²) in [6, 6.07) is 0. The van der Waals surface area contributed by atoms with E-state index in [0.717, 1.165) is 6.29 Å². The molecule has 0 aliphatic heterocycles. The molecular weight excluding hydrogens is 134 g/mol. The molecule has 0 unspecified atom stereocenters. The first-order chi connectivity index (χ1) is 4.27. The van der Waals surface area contributed by atoms with Gasteiger partial charge in [-0.05, 0) is 12.8 Å². The van der Waals surface area contributed by atoms with E-state index in [0.29, 0.717) is 19.3 Å². The SMILES string of the molecule is N.O=CCCCCC(=O)O. The maximum atomic E-state index is 9.87. The van der Waals surface area contributed by atoms with E-state index < -0.39 is 5.97 Å². The summed E-state index contributed by atoms with van der Waals surface area (Å²) >= 11 is 0. The molecule has 4 nitrogen and oxygen atoms in total. The van der Waals surface area contributed by atoms with E-state index in [1.54, 1.807) is 0 Å². The second-order valence-electron chi connectivity index (χ2n) is 1.81. The first-order valence-electron chi connectivity index (χ1n) is 2.93. The molecule has 0 heterocycles. The van der Waals surface area contributed by atoms with Crippen LogP contribution >= 0.6 is 0 Å². The fourth-order valence-corrected chi connectivity index (χ4v) is 0.504. The van der Waals surface area contributed by atoms with Gasteiger partial charge in [-0.1, -0.05) is 0 Å². The van der Waals surface area contributed by atoms with Crippen LogP contribution in [0.4, 0.5) is 0 Å². The summed E-state index contributed by atoms with van der Waals surface area (Å²) in [4.78, 5) is 19.6. The van der Waals surface area contributed by atoms with Gasteiger partial charge in [-0.3, -0.25) is 4.79 Å². The Morgan fingerprint density at radius 1 is 1.40 bits per heavy atom. The largest absolute Gasteiger partial charge is 0.481 e. The predicted molar refractivity (Wildman–Crippen MR) is 37.2 cm³/mol. The molecule has 10 heavy (non-hydrogen) atoms. The summed E-state index contributed by atoms with van der Waals surface area (Å²) in [5, 5.41) is 8.12. The van der Waals surface area contributed by atoms with Crippen LogP contribution < -0.4 is 6.15 Å². The fourth-order valence-electron chi connectivity index (χ4n) is 0.504. The van der Waals surface area contributed by atoms with Crippen molar-refractivity contribution >= 4 is 12.3 Å². The van der Waals surface area contributed by atoms with Gasteiger partial charge in [0.1, 0.15) is 6.29 Å². The van der Waals surface area contributed by atoms with Gasteiger partial charge in [0.2, 0.25) is 0 Å². The Hall–Kier alpha value is -0.900. The average Bonchev–Trinajstić information content (AvgIpc) is 1.80. The topological polar surface area (TPSA) is 89.4 Å². The van der Waals surface area contributed by atoms with Crippen molar-refractivity contribution in [3.8, 4) is 0 Å². The monoisotopic (exact) mass is 147 g/mol. The number of carboxylic acid groups (broad SMARTS) is 1.